The molecule has 0 spiro atoms. The number of hydrogen-bond donors (Lipinski definition) is 1. The summed E-state index contributed by atoms with van der Waals surface area (Å²) in [6.45, 7) is 5.71. The molecule has 1 fully saturated rings. The predicted octanol–water partition coefficient (Wildman–Crippen LogP) is 3.20. The average molecular weight is 375 g/mol. The van der Waals surface area contributed by atoms with Crippen LogP contribution < -0.4 is 0 Å². The fraction of sp³-hybridized carbons (Fsp3) is 0.471. The van der Waals surface area contributed by atoms with Gasteiger partial charge in [-0.05, 0) is 51.0 Å². The second-order valence-corrected chi connectivity index (χ2v) is 6.84. The minimum atomic E-state index is -0.435. The van der Waals surface area contributed by atoms with Crippen molar-refractivity contribution in [1.82, 2.24) is 19.7 Å². The lowest BCUT2D eigenvalue weighted by atomic mass is 9.95. The van der Waals surface area contributed by atoms with Crippen LogP contribution in [-0.4, -0.2) is 43.6 Å². The van der Waals surface area contributed by atoms with Crippen LogP contribution in [0.4, 0.5) is 5.69 Å². The highest BCUT2D eigenvalue weighted by Gasteiger charge is 2.28. The number of aryl methyl sites for hydroxylation is 1. The van der Waals surface area contributed by atoms with Crippen molar-refractivity contribution in [1.29, 1.82) is 0 Å². The highest BCUT2D eigenvalue weighted by molar-refractivity contribution is 7.71. The summed E-state index contributed by atoms with van der Waals surface area (Å²) in [5.41, 5.74) is 1.01. The molecule has 0 saturated carbocycles. The van der Waals surface area contributed by atoms with Crippen molar-refractivity contribution in [2.75, 3.05) is 13.1 Å². The van der Waals surface area contributed by atoms with Gasteiger partial charge in [-0.3, -0.25) is 20.0 Å². The molecule has 26 heavy (non-hydrogen) atoms. The van der Waals surface area contributed by atoms with Crippen molar-refractivity contribution in [2.45, 2.75) is 39.2 Å². The molecular formula is C17H21N5O3S. The lowest BCUT2D eigenvalue weighted by molar-refractivity contribution is -0.385. The highest BCUT2D eigenvalue weighted by atomic mass is 32.1. The number of aromatic nitrogens is 3. The third-order valence-electron chi connectivity index (χ3n) is 4.89. The molecule has 0 unspecified atom stereocenters. The molecule has 1 aromatic heterocycles. The Labute approximate surface area is 156 Å². The Morgan fingerprint density at radius 1 is 1.42 bits per heavy atom. The van der Waals surface area contributed by atoms with Crippen LogP contribution in [0.5, 0.6) is 0 Å². The number of carbonyl (C=O) groups excluding carboxylic acids is 1. The number of benzene rings is 1. The van der Waals surface area contributed by atoms with E-state index in [1.165, 1.54) is 12.1 Å². The van der Waals surface area contributed by atoms with E-state index in [-0.39, 0.29) is 17.5 Å². The van der Waals surface area contributed by atoms with Crippen molar-refractivity contribution in [3.63, 3.8) is 0 Å². The van der Waals surface area contributed by atoms with Crippen LogP contribution in [0.15, 0.2) is 18.2 Å². The van der Waals surface area contributed by atoms with E-state index in [9.17, 15) is 14.9 Å². The number of piperidine rings is 1. The molecular weight excluding hydrogens is 354 g/mol. The molecule has 1 amide bonds. The summed E-state index contributed by atoms with van der Waals surface area (Å²) in [5, 5.41) is 18.1. The van der Waals surface area contributed by atoms with Crippen LogP contribution >= 0.6 is 12.2 Å². The number of hydrogen-bond acceptors (Lipinski definition) is 5. The van der Waals surface area contributed by atoms with Gasteiger partial charge in [0.25, 0.3) is 11.6 Å². The van der Waals surface area contributed by atoms with Gasteiger partial charge < -0.3 is 9.47 Å². The number of H-pyrrole nitrogens is 1. The fourth-order valence-corrected chi connectivity index (χ4v) is 3.73. The molecule has 1 aliphatic rings. The van der Waals surface area contributed by atoms with Crippen molar-refractivity contribution < 1.29 is 9.72 Å². The van der Waals surface area contributed by atoms with Gasteiger partial charge in [-0.2, -0.15) is 5.10 Å². The van der Waals surface area contributed by atoms with E-state index >= 15 is 0 Å². The lowest BCUT2D eigenvalue weighted by Gasteiger charge is -2.31. The molecule has 0 atom stereocenters. The third-order valence-corrected chi connectivity index (χ3v) is 5.20. The Hall–Kier alpha value is -2.55. The maximum absolute atomic E-state index is 12.7. The van der Waals surface area contributed by atoms with Crippen LogP contribution in [0.2, 0.25) is 0 Å². The summed E-state index contributed by atoms with van der Waals surface area (Å²) in [5.74, 6) is 1.14. The molecule has 0 radical (unpaired) electrons. The summed E-state index contributed by atoms with van der Waals surface area (Å²) in [6, 6.07) is 4.52. The van der Waals surface area contributed by atoms with Gasteiger partial charge in [-0.25, -0.2) is 0 Å². The number of nitrogens with zero attached hydrogens (tertiary/aromatic N) is 4. The van der Waals surface area contributed by atoms with Gasteiger partial charge in [0, 0.05) is 42.7 Å². The summed E-state index contributed by atoms with van der Waals surface area (Å²) in [7, 11) is 0. The maximum Gasteiger partial charge on any atom is 0.272 e. The van der Waals surface area contributed by atoms with Crippen LogP contribution in [0.25, 0.3) is 0 Å². The first-order valence-electron chi connectivity index (χ1n) is 8.61. The molecule has 0 aliphatic carbocycles. The quantitative estimate of drug-likeness (QED) is 0.503. The van der Waals surface area contributed by atoms with Gasteiger partial charge in [0.2, 0.25) is 0 Å². The second kappa shape index (κ2) is 7.36. The molecule has 2 heterocycles. The van der Waals surface area contributed by atoms with Gasteiger partial charge in [-0.15, -0.1) is 0 Å². The van der Waals surface area contributed by atoms with Crippen LogP contribution in [0.3, 0.4) is 0 Å². The summed E-state index contributed by atoms with van der Waals surface area (Å²) in [6.07, 6.45) is 1.63. The Bertz CT molecular complexity index is 896. The molecule has 2 aromatic rings. The first-order valence-corrected chi connectivity index (χ1v) is 9.02. The van der Waals surface area contributed by atoms with E-state index in [2.05, 4.69) is 10.2 Å². The SMILES string of the molecule is CCn1c(C2CCN(C(=O)c3ccc([N+](=O)[O-])c(C)c3)CC2)n[nH]c1=S. The molecule has 0 bridgehead atoms. The van der Waals surface area contributed by atoms with Gasteiger partial charge in [0.1, 0.15) is 5.82 Å². The Morgan fingerprint density at radius 2 is 2.12 bits per heavy atom. The van der Waals surface area contributed by atoms with Gasteiger partial charge in [0.15, 0.2) is 4.77 Å². The molecule has 1 saturated heterocycles. The fourth-order valence-electron chi connectivity index (χ4n) is 3.46. The number of nitrogens with one attached hydrogen (secondary N) is 1. The molecule has 3 rings (SSSR count). The largest absolute Gasteiger partial charge is 0.339 e. The number of aromatic amines is 1. The minimum Gasteiger partial charge on any atom is -0.339 e. The van der Waals surface area contributed by atoms with Crippen molar-refractivity contribution >= 4 is 23.8 Å². The summed E-state index contributed by atoms with van der Waals surface area (Å²) >= 11 is 5.24. The topological polar surface area (TPSA) is 97.1 Å². The van der Waals surface area contributed by atoms with Crippen molar-refractivity contribution in [2.24, 2.45) is 0 Å². The minimum absolute atomic E-state index is 0.0302. The zero-order valence-corrected chi connectivity index (χ0v) is 15.6. The Morgan fingerprint density at radius 3 is 2.69 bits per heavy atom. The first-order chi connectivity index (χ1) is 12.4. The average Bonchev–Trinajstić information content (AvgIpc) is 3.01. The normalized spacial score (nSPS) is 15.2. The van der Waals surface area contributed by atoms with Crippen molar-refractivity contribution in [3.05, 3.63) is 50.0 Å². The van der Waals surface area contributed by atoms with E-state index in [1.54, 1.807) is 17.9 Å². The van der Waals surface area contributed by atoms with Gasteiger partial charge in [-0.1, -0.05) is 0 Å². The number of nitro benzene ring substituents is 1. The van der Waals surface area contributed by atoms with E-state index in [0.29, 0.717) is 29.0 Å². The number of likely N-dealkylation sites (tertiary alicyclic amines) is 1. The van der Waals surface area contributed by atoms with E-state index in [1.807, 2.05) is 11.5 Å². The number of nitro groups is 1. The zero-order chi connectivity index (χ0) is 18.8. The standard InChI is InChI=1S/C17H21N5O3S/c1-3-21-15(18-19-17(21)26)12-6-8-20(9-7-12)16(23)13-4-5-14(22(24)25)11(2)10-13/h4-5,10,12H,3,6-9H2,1-2H3,(H,19,26). The van der Waals surface area contributed by atoms with E-state index < -0.39 is 4.92 Å². The Kier molecular flexibility index (Phi) is 5.17. The first kappa shape index (κ1) is 18.2. The van der Waals surface area contributed by atoms with E-state index in [0.717, 1.165) is 25.2 Å². The highest BCUT2D eigenvalue weighted by Crippen LogP contribution is 2.28. The second-order valence-electron chi connectivity index (χ2n) is 6.46. The number of amides is 1. The number of carbonyl (C=O) groups is 1. The van der Waals surface area contributed by atoms with Gasteiger partial charge in [0.05, 0.1) is 4.92 Å². The number of rotatable bonds is 4. The smallest absolute Gasteiger partial charge is 0.272 e. The Balaban J connectivity index is 1.70. The molecule has 138 valence electrons. The molecule has 1 N–H and O–H groups in total. The van der Waals surface area contributed by atoms with Gasteiger partial charge >= 0.3 is 0 Å². The molecule has 1 aliphatic heterocycles. The predicted molar refractivity (Wildman–Crippen MR) is 98.8 cm³/mol. The molecule has 9 heteroatoms. The van der Waals surface area contributed by atoms with Crippen molar-refractivity contribution in [3.8, 4) is 0 Å². The van der Waals surface area contributed by atoms with E-state index in [4.69, 9.17) is 12.2 Å². The summed E-state index contributed by atoms with van der Waals surface area (Å²) < 4.78 is 2.62. The molecule has 1 aromatic carbocycles. The maximum atomic E-state index is 12.7. The monoisotopic (exact) mass is 375 g/mol. The molecule has 8 nitrogen and oxygen atoms in total. The summed E-state index contributed by atoms with van der Waals surface area (Å²) in [4.78, 5) is 25.0. The van der Waals surface area contributed by atoms with Crippen LogP contribution in [0.1, 0.15) is 47.4 Å². The zero-order valence-electron chi connectivity index (χ0n) is 14.8. The van der Waals surface area contributed by atoms with Crippen LogP contribution in [0, 0.1) is 21.8 Å². The third kappa shape index (κ3) is 3.39. The lowest BCUT2D eigenvalue weighted by Crippen LogP contribution is -2.38. The van der Waals surface area contributed by atoms with Crippen LogP contribution in [-0.2, 0) is 6.54 Å².